The van der Waals surface area contributed by atoms with E-state index < -0.39 is 110 Å². The molecule has 412 valence electrons. The number of ketones is 1. The number of Topliss-reactive ketones (excluding diaryl/α,β-unsaturated/α-hetero) is 1. The van der Waals surface area contributed by atoms with Crippen LogP contribution in [0.3, 0.4) is 0 Å². The summed E-state index contributed by atoms with van der Waals surface area (Å²) in [6.45, 7) is 12.6. The fourth-order valence-electron chi connectivity index (χ4n) is 7.55. The number of carbonyl (C=O) groups excluding carboxylic acids is 10. The summed E-state index contributed by atoms with van der Waals surface area (Å²) >= 11 is 0. The summed E-state index contributed by atoms with van der Waals surface area (Å²) in [7, 11) is 0. The topological polar surface area (TPSA) is 272 Å². The standard InChI is InChI=1S/C19H22O7.C19H20O7.C18H20O7/c1-14(2)18(22)25-12-16(20)24-13-17(21)26-19(8-10-23-11-9-19)15-6-4-3-5-7-15;1-13(2)18(23)25-11-16(21)24-12-17(22)26-19(9-8-15(20)10-19)14-6-4-3-5-7-14;1-13(2)17(21)24-10-15(19)23-11-16(20)25-18(8-9-22-12-18)14-6-4-3-5-7-14/h3-7H,1,8-13H2,2H3;3-7H,1,8-12H2,2H3;3-7H,1,8-12H2,2H3. The first-order valence-corrected chi connectivity index (χ1v) is 24.1. The van der Waals surface area contributed by atoms with E-state index in [1.807, 2.05) is 66.7 Å². The smallest absolute Gasteiger partial charge is 0.345 e. The average molecular weight is 1070 g/mol. The molecule has 21 heteroatoms. The summed E-state index contributed by atoms with van der Waals surface area (Å²) in [5.74, 6) is -6.83. The van der Waals surface area contributed by atoms with E-state index in [-0.39, 0.29) is 35.5 Å². The second kappa shape index (κ2) is 30.3. The molecule has 0 N–H and O–H groups in total. The molecule has 0 radical (unpaired) electrons. The van der Waals surface area contributed by atoms with Crippen molar-refractivity contribution in [3.63, 3.8) is 0 Å². The van der Waals surface area contributed by atoms with Crippen LogP contribution in [0.5, 0.6) is 0 Å². The molecule has 1 saturated carbocycles. The lowest BCUT2D eigenvalue weighted by Gasteiger charge is -2.37. The van der Waals surface area contributed by atoms with E-state index >= 15 is 0 Å². The molecule has 0 amide bonds. The van der Waals surface area contributed by atoms with E-state index in [1.165, 1.54) is 20.8 Å². The maximum absolute atomic E-state index is 12.2. The molecular weight excluding hydrogens is 1010 g/mol. The van der Waals surface area contributed by atoms with Crippen LogP contribution in [-0.4, -0.2) is 126 Å². The zero-order valence-corrected chi connectivity index (χ0v) is 43.2. The van der Waals surface area contributed by atoms with Crippen molar-refractivity contribution in [3.8, 4) is 0 Å². The lowest BCUT2D eigenvalue weighted by Crippen LogP contribution is -2.39. The normalized spacial score (nSPS) is 17.8. The third-order valence-corrected chi connectivity index (χ3v) is 11.5. The van der Waals surface area contributed by atoms with Gasteiger partial charge in [-0.3, -0.25) is 4.79 Å². The summed E-state index contributed by atoms with van der Waals surface area (Å²) in [4.78, 5) is 116. The molecule has 1 aliphatic carbocycles. The molecule has 2 heterocycles. The molecule has 6 rings (SSSR count). The van der Waals surface area contributed by atoms with Crippen LogP contribution in [0.2, 0.25) is 0 Å². The van der Waals surface area contributed by atoms with Crippen molar-refractivity contribution in [2.24, 2.45) is 0 Å². The quantitative estimate of drug-likeness (QED) is 0.0749. The maximum Gasteiger partial charge on any atom is 0.345 e. The van der Waals surface area contributed by atoms with Gasteiger partial charge in [0.25, 0.3) is 0 Å². The van der Waals surface area contributed by atoms with Crippen molar-refractivity contribution in [2.45, 2.75) is 76.1 Å². The largest absolute Gasteiger partial charge is 0.451 e. The van der Waals surface area contributed by atoms with Crippen LogP contribution in [0.4, 0.5) is 0 Å². The minimum Gasteiger partial charge on any atom is -0.451 e. The van der Waals surface area contributed by atoms with Gasteiger partial charge in [-0.1, -0.05) is 111 Å². The van der Waals surface area contributed by atoms with Crippen LogP contribution in [0.15, 0.2) is 127 Å². The van der Waals surface area contributed by atoms with Crippen molar-refractivity contribution >= 4 is 59.5 Å². The fraction of sp³-hybridized carbons (Fsp3) is 0.393. The maximum atomic E-state index is 12.2. The van der Waals surface area contributed by atoms with Gasteiger partial charge >= 0.3 is 53.7 Å². The van der Waals surface area contributed by atoms with E-state index in [4.69, 9.17) is 37.9 Å². The number of hydrogen-bond acceptors (Lipinski definition) is 21. The Kier molecular flexibility index (Phi) is 24.1. The molecule has 2 saturated heterocycles. The number of hydrogen-bond donors (Lipinski definition) is 0. The van der Waals surface area contributed by atoms with Crippen LogP contribution in [-0.2, 0) is 117 Å². The highest BCUT2D eigenvalue weighted by molar-refractivity contribution is 5.90. The lowest BCUT2D eigenvalue weighted by molar-refractivity contribution is -0.180. The monoisotopic (exact) mass is 1070 g/mol. The zero-order valence-electron chi connectivity index (χ0n) is 43.2. The molecule has 21 nitrogen and oxygen atoms in total. The molecular formula is C56H62O21. The minimum absolute atomic E-state index is 0.00496. The predicted molar refractivity (Wildman–Crippen MR) is 267 cm³/mol. The number of carbonyl (C=O) groups is 10. The Labute approximate surface area is 444 Å². The van der Waals surface area contributed by atoms with E-state index in [1.54, 1.807) is 24.3 Å². The van der Waals surface area contributed by atoms with Gasteiger partial charge in [0.05, 0.1) is 32.8 Å². The highest BCUT2D eigenvalue weighted by Gasteiger charge is 2.44. The Morgan fingerprint density at radius 1 is 0.416 bits per heavy atom. The summed E-state index contributed by atoms with van der Waals surface area (Å²) in [6, 6.07) is 27.7. The van der Waals surface area contributed by atoms with Crippen molar-refractivity contribution in [3.05, 3.63) is 144 Å². The highest BCUT2D eigenvalue weighted by atomic mass is 16.6. The fourth-order valence-corrected chi connectivity index (χ4v) is 7.55. The molecule has 3 aromatic rings. The lowest BCUT2D eigenvalue weighted by atomic mass is 9.86. The molecule has 0 spiro atoms. The SMILES string of the molecule is C=C(C)C(=O)OCC(=O)OCC(=O)OC1(c2ccccc2)CCC(=O)C1.C=C(C)C(=O)OCC(=O)OCC(=O)OC1(c2ccccc2)CCOC1.C=C(C)C(=O)OCC(=O)OCC(=O)OC1(c2ccccc2)CCOCC1. The van der Waals surface area contributed by atoms with Crippen molar-refractivity contribution < 1.29 is 100 Å². The molecule has 3 aromatic carbocycles. The number of benzene rings is 3. The first-order chi connectivity index (χ1) is 36.7. The van der Waals surface area contributed by atoms with E-state index in [0.717, 1.165) is 16.7 Å². The Morgan fingerprint density at radius 2 is 0.727 bits per heavy atom. The van der Waals surface area contributed by atoms with Crippen LogP contribution in [0.25, 0.3) is 0 Å². The van der Waals surface area contributed by atoms with Crippen molar-refractivity contribution in [2.75, 3.05) is 66.1 Å². The molecule has 2 aliphatic heterocycles. The minimum atomic E-state index is -1.03. The third-order valence-electron chi connectivity index (χ3n) is 11.5. The predicted octanol–water partition coefficient (Wildman–Crippen LogP) is 5.25. The summed E-state index contributed by atoms with van der Waals surface area (Å²) in [5.41, 5.74) is 0.190. The molecule has 3 fully saturated rings. The van der Waals surface area contributed by atoms with Crippen LogP contribution in [0, 0.1) is 0 Å². The van der Waals surface area contributed by atoms with Crippen molar-refractivity contribution in [1.29, 1.82) is 0 Å². The van der Waals surface area contributed by atoms with E-state index in [9.17, 15) is 47.9 Å². The molecule has 77 heavy (non-hydrogen) atoms. The number of esters is 9. The van der Waals surface area contributed by atoms with E-state index in [0.29, 0.717) is 51.9 Å². The van der Waals surface area contributed by atoms with Crippen LogP contribution < -0.4 is 0 Å². The van der Waals surface area contributed by atoms with E-state index in [2.05, 4.69) is 33.9 Å². The van der Waals surface area contributed by atoms with Gasteiger partial charge in [0, 0.05) is 42.4 Å². The van der Waals surface area contributed by atoms with Crippen LogP contribution >= 0.6 is 0 Å². The first kappa shape index (κ1) is 61.2. The molecule has 0 aromatic heterocycles. The van der Waals surface area contributed by atoms with Gasteiger partial charge in [0.15, 0.2) is 45.2 Å². The second-order valence-corrected chi connectivity index (χ2v) is 17.7. The Balaban J connectivity index is 0.000000249. The van der Waals surface area contributed by atoms with Gasteiger partial charge in [-0.15, -0.1) is 0 Å². The Bertz CT molecular complexity index is 2590. The second-order valence-electron chi connectivity index (χ2n) is 17.7. The van der Waals surface area contributed by atoms with Gasteiger partial charge in [0.1, 0.15) is 17.0 Å². The van der Waals surface area contributed by atoms with Gasteiger partial charge in [0.2, 0.25) is 0 Å². The molecule has 0 bridgehead atoms. The van der Waals surface area contributed by atoms with Gasteiger partial charge in [-0.2, -0.15) is 0 Å². The zero-order chi connectivity index (χ0) is 56.4. The summed E-state index contributed by atoms with van der Waals surface area (Å²) in [5, 5.41) is 0. The van der Waals surface area contributed by atoms with Crippen molar-refractivity contribution in [1.82, 2.24) is 0 Å². The molecule has 2 unspecified atom stereocenters. The third kappa shape index (κ3) is 20.1. The first-order valence-electron chi connectivity index (χ1n) is 24.1. The number of rotatable bonds is 21. The summed E-state index contributed by atoms with van der Waals surface area (Å²) < 4.78 is 55.7. The van der Waals surface area contributed by atoms with Gasteiger partial charge < -0.3 is 52.1 Å². The van der Waals surface area contributed by atoms with Gasteiger partial charge in [-0.25, -0.2) is 43.2 Å². The van der Waals surface area contributed by atoms with Gasteiger partial charge in [-0.05, 0) is 43.9 Å². The van der Waals surface area contributed by atoms with Crippen LogP contribution in [0.1, 0.15) is 76.0 Å². The Hall–Kier alpha value is -8.30. The summed E-state index contributed by atoms with van der Waals surface area (Å²) in [6.07, 6.45) is 2.35. The highest BCUT2D eigenvalue weighted by Crippen LogP contribution is 2.41. The Morgan fingerprint density at radius 3 is 1.06 bits per heavy atom. The molecule has 3 aliphatic rings. The average Bonchev–Trinajstić information content (AvgIpc) is 4.07. The number of ether oxygens (including phenoxy) is 11. The molecule has 2 atom stereocenters.